The highest BCUT2D eigenvalue weighted by Crippen LogP contribution is 2.27. The van der Waals surface area contributed by atoms with Crippen molar-refractivity contribution in [1.82, 2.24) is 0 Å². The summed E-state index contributed by atoms with van der Waals surface area (Å²) >= 11 is 0. The Morgan fingerprint density at radius 3 is 2.23 bits per heavy atom. The molecule has 0 aliphatic carbocycles. The summed E-state index contributed by atoms with van der Waals surface area (Å²) < 4.78 is 23.8. The summed E-state index contributed by atoms with van der Waals surface area (Å²) in [4.78, 5) is 15.0. The third-order valence-corrected chi connectivity index (χ3v) is 6.55. The van der Waals surface area contributed by atoms with Gasteiger partial charge in [0.25, 0.3) is 0 Å². The lowest BCUT2D eigenvalue weighted by molar-refractivity contribution is -0.115. The van der Waals surface area contributed by atoms with Gasteiger partial charge < -0.3 is 10.2 Å². The number of nitrogens with one attached hydrogen (secondary N) is 1. The number of nitrogens with zero attached hydrogens (tertiary/aromatic N) is 1. The monoisotopic (exact) mass is 485 g/mol. The predicted octanol–water partition coefficient (Wildman–Crippen LogP) is 4.95. The van der Waals surface area contributed by atoms with Gasteiger partial charge in [0.1, 0.15) is 0 Å². The van der Waals surface area contributed by atoms with Gasteiger partial charge in [-0.25, -0.2) is 13.6 Å². The van der Waals surface area contributed by atoms with Gasteiger partial charge in [-0.2, -0.15) is 0 Å². The molecule has 0 unspecified atom stereocenters. The van der Waals surface area contributed by atoms with Crippen LogP contribution in [0.3, 0.4) is 0 Å². The fourth-order valence-electron chi connectivity index (χ4n) is 3.97. The van der Waals surface area contributed by atoms with Crippen molar-refractivity contribution in [3.8, 4) is 11.1 Å². The number of sulfonamides is 1. The van der Waals surface area contributed by atoms with Gasteiger partial charge >= 0.3 is 0 Å². The Balaban J connectivity index is 1.50. The van der Waals surface area contributed by atoms with Crippen LogP contribution in [-0.2, 0) is 21.4 Å². The van der Waals surface area contributed by atoms with Crippen LogP contribution in [0.1, 0.15) is 11.1 Å². The van der Waals surface area contributed by atoms with E-state index >= 15 is 0 Å². The Kier molecular flexibility index (Phi) is 7.29. The number of hydrogen-bond acceptors (Lipinski definition) is 4. The zero-order valence-corrected chi connectivity index (χ0v) is 20.2. The molecule has 0 radical (unpaired) electrons. The minimum Gasteiger partial charge on any atom is -0.358 e. The van der Waals surface area contributed by atoms with E-state index < -0.39 is 10.0 Å². The SMILES string of the molecule is Cc1cccc(CN(CC(=O)Nc2ccc(-c3ccccc3S(N)(=O)=O)cc2)c2ccccc2)c1. The van der Waals surface area contributed by atoms with Crippen LogP contribution in [0, 0.1) is 6.92 Å². The van der Waals surface area contributed by atoms with Gasteiger partial charge in [0.15, 0.2) is 0 Å². The van der Waals surface area contributed by atoms with Gasteiger partial charge in [-0.15, -0.1) is 0 Å². The third-order valence-electron chi connectivity index (χ3n) is 5.58. The molecule has 0 fully saturated rings. The van der Waals surface area contributed by atoms with Crippen LogP contribution in [-0.4, -0.2) is 20.9 Å². The van der Waals surface area contributed by atoms with Crippen molar-refractivity contribution < 1.29 is 13.2 Å². The Morgan fingerprint density at radius 1 is 0.857 bits per heavy atom. The number of hydrogen-bond donors (Lipinski definition) is 2. The molecule has 0 bridgehead atoms. The quantitative estimate of drug-likeness (QED) is 0.369. The molecule has 0 heterocycles. The van der Waals surface area contributed by atoms with E-state index in [1.807, 2.05) is 54.3 Å². The second-order valence-corrected chi connectivity index (χ2v) is 9.88. The smallest absolute Gasteiger partial charge is 0.243 e. The first-order chi connectivity index (χ1) is 16.8. The summed E-state index contributed by atoms with van der Waals surface area (Å²) in [5, 5.41) is 8.30. The summed E-state index contributed by atoms with van der Waals surface area (Å²) in [5.41, 5.74) is 5.08. The molecule has 0 aliphatic rings. The predicted molar refractivity (Wildman–Crippen MR) is 141 cm³/mol. The van der Waals surface area contributed by atoms with Gasteiger partial charge in [0, 0.05) is 23.5 Å². The first kappa shape index (κ1) is 24.2. The normalized spacial score (nSPS) is 11.1. The number of amides is 1. The van der Waals surface area contributed by atoms with Gasteiger partial charge in [0.2, 0.25) is 15.9 Å². The third kappa shape index (κ3) is 6.35. The molecule has 4 aromatic rings. The summed E-state index contributed by atoms with van der Waals surface area (Å²) in [6.45, 7) is 2.82. The summed E-state index contributed by atoms with van der Waals surface area (Å²) in [5.74, 6) is -0.154. The number of para-hydroxylation sites is 1. The summed E-state index contributed by atoms with van der Waals surface area (Å²) in [6, 6.07) is 31.7. The first-order valence-corrected chi connectivity index (χ1v) is 12.7. The maximum atomic E-state index is 12.9. The number of rotatable bonds is 8. The van der Waals surface area contributed by atoms with Crippen molar-refractivity contribution in [2.45, 2.75) is 18.4 Å². The van der Waals surface area contributed by atoms with Gasteiger partial charge in [0.05, 0.1) is 11.4 Å². The lowest BCUT2D eigenvalue weighted by Gasteiger charge is -2.24. The van der Waals surface area contributed by atoms with E-state index in [4.69, 9.17) is 5.14 Å². The number of carbonyl (C=O) groups is 1. The number of benzene rings is 4. The van der Waals surface area contributed by atoms with Crippen molar-refractivity contribution in [1.29, 1.82) is 0 Å². The number of nitrogens with two attached hydrogens (primary N) is 1. The fraction of sp³-hybridized carbons (Fsp3) is 0.107. The van der Waals surface area contributed by atoms with Gasteiger partial charge in [-0.05, 0) is 48.4 Å². The van der Waals surface area contributed by atoms with Crippen LogP contribution in [0.5, 0.6) is 0 Å². The Labute approximate surface area is 206 Å². The number of carbonyl (C=O) groups excluding carboxylic acids is 1. The van der Waals surface area contributed by atoms with Crippen LogP contribution in [0.2, 0.25) is 0 Å². The molecule has 4 aromatic carbocycles. The zero-order chi connectivity index (χ0) is 24.8. The van der Waals surface area contributed by atoms with Crippen molar-refractivity contribution in [3.05, 3.63) is 114 Å². The molecule has 0 atom stereocenters. The van der Waals surface area contributed by atoms with E-state index in [2.05, 4.69) is 17.4 Å². The number of aryl methyl sites for hydroxylation is 1. The van der Waals surface area contributed by atoms with Gasteiger partial charge in [-0.1, -0.05) is 78.4 Å². The molecule has 4 rings (SSSR count). The van der Waals surface area contributed by atoms with Crippen LogP contribution >= 0.6 is 0 Å². The highest BCUT2D eigenvalue weighted by atomic mass is 32.2. The number of anilines is 2. The minimum atomic E-state index is -3.85. The molecular weight excluding hydrogens is 458 g/mol. The summed E-state index contributed by atoms with van der Waals surface area (Å²) in [7, 11) is -3.85. The van der Waals surface area contributed by atoms with E-state index in [1.54, 1.807) is 42.5 Å². The van der Waals surface area contributed by atoms with Crippen LogP contribution in [0.25, 0.3) is 11.1 Å². The van der Waals surface area contributed by atoms with Crippen LogP contribution in [0.4, 0.5) is 11.4 Å². The average Bonchev–Trinajstić information content (AvgIpc) is 2.84. The average molecular weight is 486 g/mol. The fourth-order valence-corrected chi connectivity index (χ4v) is 4.73. The molecule has 7 heteroatoms. The number of primary sulfonamides is 1. The molecule has 6 nitrogen and oxygen atoms in total. The van der Waals surface area contributed by atoms with Crippen LogP contribution < -0.4 is 15.4 Å². The highest BCUT2D eigenvalue weighted by molar-refractivity contribution is 7.89. The van der Waals surface area contributed by atoms with E-state index in [0.717, 1.165) is 11.3 Å². The largest absolute Gasteiger partial charge is 0.358 e. The minimum absolute atomic E-state index is 0.0615. The van der Waals surface area contributed by atoms with E-state index in [0.29, 0.717) is 23.4 Å². The van der Waals surface area contributed by atoms with Crippen molar-refractivity contribution in [3.63, 3.8) is 0 Å². The molecular formula is C28H27N3O3S. The zero-order valence-electron chi connectivity index (χ0n) is 19.4. The van der Waals surface area contributed by atoms with Gasteiger partial charge in [-0.3, -0.25) is 4.79 Å². The van der Waals surface area contributed by atoms with E-state index in [-0.39, 0.29) is 17.3 Å². The maximum absolute atomic E-state index is 12.9. The Hall–Kier alpha value is -3.94. The molecule has 1 amide bonds. The molecule has 0 aliphatic heterocycles. The lowest BCUT2D eigenvalue weighted by Crippen LogP contribution is -2.32. The van der Waals surface area contributed by atoms with E-state index in [1.165, 1.54) is 11.6 Å². The Bertz CT molecular complexity index is 1420. The lowest BCUT2D eigenvalue weighted by atomic mass is 10.1. The summed E-state index contributed by atoms with van der Waals surface area (Å²) in [6.07, 6.45) is 0. The molecule has 178 valence electrons. The second-order valence-electron chi connectivity index (χ2n) is 8.35. The maximum Gasteiger partial charge on any atom is 0.243 e. The highest BCUT2D eigenvalue weighted by Gasteiger charge is 2.15. The second kappa shape index (κ2) is 10.5. The molecule has 0 spiro atoms. The van der Waals surface area contributed by atoms with Crippen molar-refractivity contribution in [2.24, 2.45) is 5.14 Å². The van der Waals surface area contributed by atoms with E-state index in [9.17, 15) is 13.2 Å². The van der Waals surface area contributed by atoms with Crippen LogP contribution in [0.15, 0.2) is 108 Å². The molecule has 0 aromatic heterocycles. The molecule has 3 N–H and O–H groups in total. The topological polar surface area (TPSA) is 92.5 Å². The first-order valence-electron chi connectivity index (χ1n) is 11.2. The standard InChI is InChI=1S/C28H27N3O3S/c1-21-8-7-9-22(18-21)19-31(25-10-3-2-4-11-25)20-28(32)30-24-16-14-23(15-17-24)26-12-5-6-13-27(26)35(29,33)34/h2-18H,19-20H2,1H3,(H,30,32)(H2,29,33,34). The van der Waals surface area contributed by atoms with Crippen molar-refractivity contribution >= 4 is 27.3 Å². The molecule has 0 saturated carbocycles. The molecule has 35 heavy (non-hydrogen) atoms. The Morgan fingerprint density at radius 2 is 1.54 bits per heavy atom. The molecule has 0 saturated heterocycles. The van der Waals surface area contributed by atoms with Crippen molar-refractivity contribution in [2.75, 3.05) is 16.8 Å².